The van der Waals surface area contributed by atoms with Crippen molar-refractivity contribution in [2.45, 2.75) is 214 Å². The maximum Gasteiger partial charge on any atom is 0.264 e. The van der Waals surface area contributed by atoms with Gasteiger partial charge >= 0.3 is 0 Å². The highest BCUT2D eigenvalue weighted by Crippen LogP contribution is 2.39. The predicted molar refractivity (Wildman–Crippen MR) is 550 cm³/mol. The molecule has 26 heteroatoms. The molecule has 133 heavy (non-hydrogen) atoms. The molecule has 5 aliphatic carbocycles. The van der Waals surface area contributed by atoms with Gasteiger partial charge in [0.1, 0.15) is 24.0 Å². The number of thiophene rings is 2. The zero-order valence-electron chi connectivity index (χ0n) is 80.1. The minimum atomic E-state index is 0.0895. The molecule has 16 N–H and O–H groups in total. The van der Waals surface area contributed by atoms with Crippen LogP contribution in [-0.2, 0) is 46.6 Å². The first-order valence-electron chi connectivity index (χ1n) is 48.1. The molecular formula is C107H148ClN17O6S2. The Kier molecular flexibility index (Phi) is 39.1. The van der Waals surface area contributed by atoms with Crippen molar-refractivity contribution < 1.29 is 28.7 Å². The van der Waals surface area contributed by atoms with Gasteiger partial charge in [0.2, 0.25) is 11.8 Å². The number of benzene rings is 7. The summed E-state index contributed by atoms with van der Waals surface area (Å²) in [6.07, 6.45) is 22.2. The van der Waals surface area contributed by atoms with E-state index in [4.69, 9.17) is 66.9 Å². The number of halogens is 1. The number of nitrogens with zero attached hydrogens (tertiary/aromatic N) is 9. The number of aliphatic imine (C=N–C) groups is 4. The summed E-state index contributed by atoms with van der Waals surface area (Å²) in [6, 6.07) is 61.3. The molecule has 7 aromatic carbocycles. The van der Waals surface area contributed by atoms with E-state index in [-0.39, 0.29) is 58.3 Å². The van der Waals surface area contributed by atoms with Gasteiger partial charge in [-0.1, -0.05) is 175 Å². The van der Waals surface area contributed by atoms with Gasteiger partial charge < -0.3 is 74.9 Å². The van der Waals surface area contributed by atoms with Gasteiger partial charge in [0.15, 0.2) is 23.8 Å². The minimum Gasteiger partial charge on any atom is -0.478 e. The summed E-state index contributed by atoms with van der Waals surface area (Å²) in [4.78, 5) is 81.7. The Morgan fingerprint density at radius 3 is 1.08 bits per heavy atom. The molecule has 4 amide bonds. The summed E-state index contributed by atoms with van der Waals surface area (Å²) in [5.74, 6) is 8.11. The lowest BCUT2D eigenvalue weighted by atomic mass is 9.81. The minimum absolute atomic E-state index is 0.0895. The Bertz CT molecular complexity index is 5180. The van der Waals surface area contributed by atoms with Gasteiger partial charge in [-0.05, 0) is 305 Å². The van der Waals surface area contributed by atoms with Crippen LogP contribution >= 0.6 is 34.3 Å². The maximum atomic E-state index is 13.8. The molecule has 0 radical (unpaired) electrons. The van der Waals surface area contributed by atoms with Crippen molar-refractivity contribution in [2.75, 3.05) is 73.2 Å². The van der Waals surface area contributed by atoms with E-state index in [1.54, 1.807) is 41.7 Å². The molecule has 23 nitrogen and oxygen atoms in total. The smallest absolute Gasteiger partial charge is 0.264 e. The molecular weight excluding hydrogens is 1720 g/mol. The van der Waals surface area contributed by atoms with Gasteiger partial charge in [-0.15, -0.1) is 22.7 Å². The standard InChI is InChI=1S/C29H38N4OS.C28H37N5O2S.C26H42N4O.C24H31ClN4O2/c1-29(2,3)24-14-12-22(13-15-24)19-33(18-21-10-8-20(9-11-21)17-32-28(30)31)27(34)26-16-23-6-4-5-7-25(23)35-26;1-32(2)19-35-24-13-11-22(12-14-24)18-33(17-21-9-7-20(8-10-21)16-31-28(29)30)27(34)26-15-23-5-3-4-6-25(23)36-26;1-26(2,3)23-14-12-21(13-15-23)18-30(24(31)22-6-4-5-7-22)17-20-10-8-19(9-11-20)16-29-25(27)28;1-17(30)29(15-19-7-5-18(6-8-19)14-28-24(26)27)16-20-3-2-4-23(13-20)31-22-11-9-21(25)10-12-22/h4-7,12-16,20-21H,8-11,17-19H2,1-3H3,(H4,30,31,32);3-6,11-15,20-21H,7-10,16-19H2,1-2H3,(H4,29,30,31);12-15,19-20,22H,4-11,16-18H2,1-3H3,(H4,27,28,29);2-4,9-13,18-19H,5-8,14-16H2,1H3,(H4,26,27,28). The van der Waals surface area contributed by atoms with Gasteiger partial charge in [0, 0.05) is 106 Å². The van der Waals surface area contributed by atoms with Crippen molar-refractivity contribution in [3.63, 3.8) is 0 Å². The summed E-state index contributed by atoms with van der Waals surface area (Å²) >= 11 is 9.10. The molecule has 0 saturated heterocycles. The van der Waals surface area contributed by atoms with Crippen LogP contribution < -0.4 is 55.3 Å². The second-order valence-electron chi connectivity index (χ2n) is 40.0. The molecule has 0 unspecified atom stereocenters. The monoisotopic (exact) mass is 1870 g/mol. The van der Waals surface area contributed by atoms with Crippen LogP contribution in [0.4, 0.5) is 0 Å². The molecule has 5 fully saturated rings. The summed E-state index contributed by atoms with van der Waals surface area (Å²) in [6.45, 7) is 24.1. The first-order chi connectivity index (χ1) is 63.7. The average molecular weight is 1870 g/mol. The van der Waals surface area contributed by atoms with E-state index < -0.39 is 0 Å². The molecule has 14 rings (SSSR count). The van der Waals surface area contributed by atoms with Crippen molar-refractivity contribution in [1.29, 1.82) is 0 Å². The third-order valence-corrected chi connectivity index (χ3v) is 29.2. The second kappa shape index (κ2) is 50.6. The Morgan fingerprint density at radius 1 is 0.376 bits per heavy atom. The van der Waals surface area contributed by atoms with Crippen molar-refractivity contribution in [3.8, 4) is 17.2 Å². The Morgan fingerprint density at radius 2 is 0.714 bits per heavy atom. The fourth-order valence-electron chi connectivity index (χ4n) is 18.8. The van der Waals surface area contributed by atoms with Gasteiger partial charge in [-0.2, -0.15) is 0 Å². The van der Waals surface area contributed by atoms with E-state index in [0.717, 1.165) is 213 Å². The van der Waals surface area contributed by atoms with Crippen molar-refractivity contribution in [2.24, 2.45) is 119 Å². The highest BCUT2D eigenvalue weighted by atomic mass is 35.5. The number of hydrogen-bond donors (Lipinski definition) is 8. The van der Waals surface area contributed by atoms with Crippen LogP contribution in [0.25, 0.3) is 20.2 Å². The zero-order valence-corrected chi connectivity index (χ0v) is 82.5. The first-order valence-corrected chi connectivity index (χ1v) is 50.1. The summed E-state index contributed by atoms with van der Waals surface area (Å²) in [5, 5.41) is 2.92. The van der Waals surface area contributed by atoms with Crippen LogP contribution in [0.3, 0.4) is 0 Å². The number of hydrogen-bond acceptors (Lipinski definition) is 13. The van der Waals surface area contributed by atoms with E-state index >= 15 is 0 Å². The molecule has 0 atom stereocenters. The Hall–Kier alpha value is -10.7. The SMILES string of the molecule is CC(=O)N(Cc1cccc(Oc2ccc(Cl)cc2)c1)CC1CCC(CN=C(N)N)CC1.CC(C)(C)c1ccc(CN(CC2CCC(CN=C(N)N)CC2)C(=O)C2CCCC2)cc1.CC(C)(C)c1ccc(CN(CC2CCC(CN=C(N)N)CC2)C(=O)c2cc3ccccc3s2)cc1.CN(C)COc1ccc(CN(CC2CCC(CN=C(N)N)CC2)C(=O)c2cc3ccccc3s2)cc1. The summed E-state index contributed by atoms with van der Waals surface area (Å²) < 4.78 is 14.0. The van der Waals surface area contributed by atoms with Crippen LogP contribution in [-0.4, -0.2) is 145 Å². The van der Waals surface area contributed by atoms with E-state index in [9.17, 15) is 19.2 Å². The molecule has 9 aromatic rings. The van der Waals surface area contributed by atoms with E-state index in [0.29, 0.717) is 104 Å². The van der Waals surface area contributed by atoms with Gasteiger partial charge in [0.05, 0.1) is 9.75 Å². The van der Waals surface area contributed by atoms with Crippen molar-refractivity contribution in [3.05, 3.63) is 230 Å². The zero-order chi connectivity index (χ0) is 95.1. The number of carbonyl (C=O) groups is 4. The van der Waals surface area contributed by atoms with Gasteiger partial charge in [0.25, 0.3) is 11.8 Å². The third kappa shape index (κ3) is 34.0. The lowest BCUT2D eigenvalue weighted by molar-refractivity contribution is -0.137. The third-order valence-electron chi connectivity index (χ3n) is 26.7. The largest absolute Gasteiger partial charge is 0.478 e. The number of fused-ring (bicyclic) bond motifs is 2. The number of rotatable bonds is 32. The lowest BCUT2D eigenvalue weighted by Gasteiger charge is -2.34. The normalized spacial score (nSPS) is 19.1. The Balaban J connectivity index is 0.000000171. The number of ether oxygens (including phenoxy) is 2. The molecule has 0 spiro atoms. The topological polar surface area (TPSA) is 361 Å². The average Bonchev–Trinajstić information content (AvgIpc) is 1.70. The quantitative estimate of drug-likeness (QED) is 0.0110. The molecule has 2 aromatic heterocycles. The highest BCUT2D eigenvalue weighted by molar-refractivity contribution is 7.21. The molecule has 0 bridgehead atoms. The van der Waals surface area contributed by atoms with E-state index in [2.05, 4.69) is 156 Å². The van der Waals surface area contributed by atoms with Gasteiger partial charge in [-0.25, -0.2) is 0 Å². The van der Waals surface area contributed by atoms with Crippen LogP contribution in [0.1, 0.15) is 230 Å². The molecule has 5 aliphatic rings. The van der Waals surface area contributed by atoms with Crippen LogP contribution in [0, 0.1) is 53.3 Å². The molecule has 5 saturated carbocycles. The molecule has 0 aliphatic heterocycles. The van der Waals surface area contributed by atoms with Crippen LogP contribution in [0.5, 0.6) is 17.2 Å². The number of nitrogens with two attached hydrogens (primary N) is 8. The fourth-order valence-corrected chi connectivity index (χ4v) is 21.0. The number of amides is 4. The molecule has 2 heterocycles. The second-order valence-corrected chi connectivity index (χ2v) is 42.6. The van der Waals surface area contributed by atoms with Crippen molar-refractivity contribution >= 4 is 102 Å². The van der Waals surface area contributed by atoms with Gasteiger partial charge in [-0.3, -0.25) is 44.0 Å². The number of carbonyl (C=O) groups excluding carboxylic acids is 4. The first kappa shape index (κ1) is 103. The summed E-state index contributed by atoms with van der Waals surface area (Å²) in [7, 11) is 3.94. The van der Waals surface area contributed by atoms with E-state index in [1.807, 2.05) is 114 Å². The van der Waals surface area contributed by atoms with E-state index in [1.165, 1.54) is 35.1 Å². The Labute approximate surface area is 803 Å². The maximum absolute atomic E-state index is 13.8. The fraction of sp³-hybridized carbons (Fsp3) is 0.495. The van der Waals surface area contributed by atoms with Crippen molar-refractivity contribution in [1.82, 2.24) is 24.5 Å². The number of guanidine groups is 4. The summed E-state index contributed by atoms with van der Waals surface area (Å²) in [5.41, 5.74) is 51.3. The molecule has 716 valence electrons. The highest BCUT2D eigenvalue weighted by Gasteiger charge is 2.34. The lowest BCUT2D eigenvalue weighted by Crippen LogP contribution is -2.39. The predicted octanol–water partition coefficient (Wildman–Crippen LogP) is 19.6. The van der Waals surface area contributed by atoms with Crippen LogP contribution in [0.2, 0.25) is 5.02 Å². The van der Waals surface area contributed by atoms with Crippen LogP contribution in [0.15, 0.2) is 202 Å².